The van der Waals surface area contributed by atoms with Crippen LogP contribution in [0.25, 0.3) is 0 Å². The zero-order valence-electron chi connectivity index (χ0n) is 11.9. The van der Waals surface area contributed by atoms with Crippen LogP contribution in [0.4, 0.5) is 0 Å². The number of carbonyl (C=O) groups excluding carboxylic acids is 2. The maximum absolute atomic E-state index is 11.3. The zero-order chi connectivity index (χ0) is 14.3. The summed E-state index contributed by atoms with van der Waals surface area (Å²) in [6.07, 6.45) is 6.15. The van der Waals surface area contributed by atoms with Crippen LogP contribution in [0.1, 0.15) is 58.3 Å². The van der Waals surface area contributed by atoms with Gasteiger partial charge < -0.3 is 14.6 Å². The lowest BCUT2D eigenvalue weighted by Crippen LogP contribution is -2.08. The number of esters is 2. The van der Waals surface area contributed by atoms with Crippen molar-refractivity contribution in [3.8, 4) is 0 Å². The molecular weight excluding hydrogens is 248 g/mol. The van der Waals surface area contributed by atoms with Gasteiger partial charge in [0.05, 0.1) is 13.2 Å². The highest BCUT2D eigenvalue weighted by Gasteiger charge is 2.04. The minimum absolute atomic E-state index is 0.0719. The highest BCUT2D eigenvalue weighted by Crippen LogP contribution is 2.07. The normalized spacial score (nSPS) is 10.2. The highest BCUT2D eigenvalue weighted by atomic mass is 16.5. The van der Waals surface area contributed by atoms with Gasteiger partial charge in [-0.3, -0.25) is 9.59 Å². The van der Waals surface area contributed by atoms with Crippen LogP contribution >= 0.6 is 0 Å². The first kappa shape index (κ1) is 17.9. The van der Waals surface area contributed by atoms with Crippen LogP contribution < -0.4 is 0 Å². The van der Waals surface area contributed by atoms with E-state index >= 15 is 0 Å². The van der Waals surface area contributed by atoms with E-state index in [-0.39, 0.29) is 25.2 Å². The fourth-order valence-electron chi connectivity index (χ4n) is 1.53. The van der Waals surface area contributed by atoms with Crippen LogP contribution in [0.5, 0.6) is 0 Å². The van der Waals surface area contributed by atoms with Crippen molar-refractivity contribution in [2.75, 3.05) is 19.8 Å². The molecule has 5 nitrogen and oxygen atoms in total. The van der Waals surface area contributed by atoms with Crippen LogP contribution in [-0.2, 0) is 19.1 Å². The van der Waals surface area contributed by atoms with Gasteiger partial charge in [0.25, 0.3) is 0 Å². The lowest BCUT2D eigenvalue weighted by Gasteiger charge is -2.04. The van der Waals surface area contributed by atoms with Crippen LogP contribution in [0.2, 0.25) is 0 Å². The molecule has 0 radical (unpaired) electrons. The van der Waals surface area contributed by atoms with Crippen molar-refractivity contribution >= 4 is 11.9 Å². The number of ether oxygens (including phenoxy) is 2. The summed E-state index contributed by atoms with van der Waals surface area (Å²) in [7, 11) is 0. The van der Waals surface area contributed by atoms with Gasteiger partial charge in [-0.15, -0.1) is 0 Å². The van der Waals surface area contributed by atoms with Crippen molar-refractivity contribution < 1.29 is 24.2 Å². The molecule has 0 saturated carbocycles. The molecule has 0 saturated heterocycles. The van der Waals surface area contributed by atoms with Gasteiger partial charge >= 0.3 is 11.9 Å². The van der Waals surface area contributed by atoms with Crippen LogP contribution in [0.3, 0.4) is 0 Å². The molecule has 1 N–H and O–H groups in total. The Bertz CT molecular complexity index is 240. The van der Waals surface area contributed by atoms with Gasteiger partial charge in [0.1, 0.15) is 6.61 Å². The summed E-state index contributed by atoms with van der Waals surface area (Å²) in [5.74, 6) is -0.399. The Labute approximate surface area is 115 Å². The van der Waals surface area contributed by atoms with Crippen molar-refractivity contribution in [2.24, 2.45) is 0 Å². The molecule has 0 spiro atoms. The van der Waals surface area contributed by atoms with Crippen molar-refractivity contribution in [1.29, 1.82) is 0 Å². The maximum Gasteiger partial charge on any atom is 0.305 e. The van der Waals surface area contributed by atoms with Gasteiger partial charge in [0.2, 0.25) is 0 Å². The second-order valence-corrected chi connectivity index (χ2v) is 4.43. The quantitative estimate of drug-likeness (QED) is 0.436. The molecule has 0 atom stereocenters. The lowest BCUT2D eigenvalue weighted by atomic mass is 10.1. The second kappa shape index (κ2) is 13.3. The molecule has 0 fully saturated rings. The Hall–Kier alpha value is -1.10. The molecule has 0 bridgehead atoms. The van der Waals surface area contributed by atoms with E-state index in [0.29, 0.717) is 19.4 Å². The number of rotatable bonds is 12. The van der Waals surface area contributed by atoms with Gasteiger partial charge in [-0.05, 0) is 19.3 Å². The van der Waals surface area contributed by atoms with Crippen molar-refractivity contribution in [2.45, 2.75) is 58.3 Å². The van der Waals surface area contributed by atoms with E-state index in [1.54, 1.807) is 0 Å². The molecule has 0 heterocycles. The Balaban J connectivity index is 3.26. The molecule has 19 heavy (non-hydrogen) atoms. The van der Waals surface area contributed by atoms with Crippen molar-refractivity contribution in [3.63, 3.8) is 0 Å². The average Bonchev–Trinajstić information content (AvgIpc) is 2.40. The Kier molecular flexibility index (Phi) is 12.6. The average molecular weight is 274 g/mol. The molecule has 0 amide bonds. The smallest absolute Gasteiger partial charge is 0.305 e. The number of aliphatic hydroxyl groups excluding tert-OH is 1. The topological polar surface area (TPSA) is 72.8 Å². The van der Waals surface area contributed by atoms with E-state index < -0.39 is 0 Å². The fourth-order valence-corrected chi connectivity index (χ4v) is 1.53. The van der Waals surface area contributed by atoms with Gasteiger partial charge in [0, 0.05) is 12.8 Å². The summed E-state index contributed by atoms with van der Waals surface area (Å²) in [6.45, 7) is 2.51. The molecule has 0 aromatic carbocycles. The van der Waals surface area contributed by atoms with E-state index in [4.69, 9.17) is 14.6 Å². The molecule has 5 heteroatoms. The molecule has 0 aliphatic heterocycles. The summed E-state index contributed by atoms with van der Waals surface area (Å²) in [5.41, 5.74) is 0. The summed E-state index contributed by atoms with van der Waals surface area (Å²) >= 11 is 0. The predicted octanol–water partition coefficient (Wildman–Crippen LogP) is 2.21. The predicted molar refractivity (Wildman–Crippen MR) is 71.6 cm³/mol. The van der Waals surface area contributed by atoms with Crippen LogP contribution in [0.15, 0.2) is 0 Å². The Morgan fingerprint density at radius 3 is 1.84 bits per heavy atom. The molecule has 0 rings (SSSR count). The molecule has 0 aromatic rings. The highest BCUT2D eigenvalue weighted by molar-refractivity contribution is 5.69. The number of hydrogen-bond acceptors (Lipinski definition) is 5. The first-order valence-electron chi connectivity index (χ1n) is 7.12. The van der Waals surface area contributed by atoms with Gasteiger partial charge in [-0.1, -0.05) is 26.2 Å². The summed E-state index contributed by atoms with van der Waals surface area (Å²) in [5, 5.41) is 8.47. The molecule has 0 aliphatic rings. The van der Waals surface area contributed by atoms with Gasteiger partial charge in [-0.2, -0.15) is 0 Å². The summed E-state index contributed by atoms with van der Waals surface area (Å²) in [6, 6.07) is 0. The summed E-state index contributed by atoms with van der Waals surface area (Å²) < 4.78 is 9.76. The third-order valence-electron chi connectivity index (χ3n) is 2.63. The Morgan fingerprint density at radius 2 is 1.37 bits per heavy atom. The van der Waals surface area contributed by atoms with E-state index in [2.05, 4.69) is 6.92 Å². The van der Waals surface area contributed by atoms with E-state index in [0.717, 1.165) is 38.5 Å². The number of aliphatic hydroxyl groups is 1. The zero-order valence-corrected chi connectivity index (χ0v) is 11.9. The first-order chi connectivity index (χ1) is 9.20. The SMILES string of the molecule is CCCCOC(=O)CCCCCCC(=O)OCCO. The Morgan fingerprint density at radius 1 is 0.842 bits per heavy atom. The number of carbonyl (C=O) groups is 2. The van der Waals surface area contributed by atoms with E-state index in [1.807, 2.05) is 0 Å². The fraction of sp³-hybridized carbons (Fsp3) is 0.857. The third kappa shape index (κ3) is 13.1. The van der Waals surface area contributed by atoms with Crippen LogP contribution in [-0.4, -0.2) is 36.9 Å². The van der Waals surface area contributed by atoms with Crippen LogP contribution in [0, 0.1) is 0 Å². The second-order valence-electron chi connectivity index (χ2n) is 4.43. The number of unbranched alkanes of at least 4 members (excludes halogenated alkanes) is 4. The standard InChI is InChI=1S/C14H26O5/c1-2-3-11-18-13(16)8-6-4-5-7-9-14(17)19-12-10-15/h15H,2-12H2,1H3. The molecule has 112 valence electrons. The molecule has 0 aliphatic carbocycles. The molecular formula is C14H26O5. The summed E-state index contributed by atoms with van der Waals surface area (Å²) in [4.78, 5) is 22.3. The minimum Gasteiger partial charge on any atom is -0.466 e. The first-order valence-corrected chi connectivity index (χ1v) is 7.12. The van der Waals surface area contributed by atoms with Crippen molar-refractivity contribution in [3.05, 3.63) is 0 Å². The van der Waals surface area contributed by atoms with Crippen molar-refractivity contribution in [1.82, 2.24) is 0 Å². The van der Waals surface area contributed by atoms with Gasteiger partial charge in [-0.25, -0.2) is 0 Å². The monoisotopic (exact) mass is 274 g/mol. The minimum atomic E-state index is -0.270. The van der Waals surface area contributed by atoms with E-state index in [1.165, 1.54) is 0 Å². The molecule has 0 aromatic heterocycles. The lowest BCUT2D eigenvalue weighted by molar-refractivity contribution is -0.145. The third-order valence-corrected chi connectivity index (χ3v) is 2.63. The molecule has 0 unspecified atom stereocenters. The van der Waals surface area contributed by atoms with Gasteiger partial charge in [0.15, 0.2) is 0 Å². The maximum atomic E-state index is 11.3. The number of hydrogen-bond donors (Lipinski definition) is 1. The largest absolute Gasteiger partial charge is 0.466 e. The van der Waals surface area contributed by atoms with E-state index in [9.17, 15) is 9.59 Å².